The van der Waals surface area contributed by atoms with Gasteiger partial charge in [-0.05, 0) is 59.7 Å². The van der Waals surface area contributed by atoms with E-state index in [1.807, 2.05) is 25.1 Å². The third kappa shape index (κ3) is 4.02. The van der Waals surface area contributed by atoms with Crippen LogP contribution in [-0.4, -0.2) is 23.3 Å². The Balaban J connectivity index is 1.41. The van der Waals surface area contributed by atoms with Crippen molar-refractivity contribution in [2.45, 2.75) is 50.5 Å². The average Bonchev–Trinajstić information content (AvgIpc) is 3.33. The number of fused-ring (bicyclic) bond motifs is 2. The van der Waals surface area contributed by atoms with Crippen LogP contribution >= 0.6 is 0 Å². The molecule has 178 valence electrons. The Morgan fingerprint density at radius 3 is 2.68 bits per heavy atom. The third-order valence-electron chi connectivity index (χ3n) is 7.07. The highest BCUT2D eigenvalue weighted by atomic mass is 19.4. The van der Waals surface area contributed by atoms with E-state index in [-0.39, 0.29) is 24.0 Å². The second-order valence-electron chi connectivity index (χ2n) is 9.33. The molecule has 34 heavy (non-hydrogen) atoms. The minimum Gasteiger partial charge on any atom is -0.490 e. The molecule has 1 N–H and O–H groups in total. The predicted octanol–water partition coefficient (Wildman–Crippen LogP) is 6.47. The predicted molar refractivity (Wildman–Crippen MR) is 120 cm³/mol. The molecule has 0 saturated carbocycles. The lowest BCUT2D eigenvalue weighted by atomic mass is 9.81. The fraction of sp³-hybridized carbons (Fsp3) is 0.370. The van der Waals surface area contributed by atoms with Crippen LogP contribution in [0.1, 0.15) is 49.0 Å². The summed E-state index contributed by atoms with van der Waals surface area (Å²) in [6.07, 6.45) is 0.932. The maximum atomic E-state index is 13.6. The van der Waals surface area contributed by atoms with Crippen molar-refractivity contribution in [1.29, 1.82) is 0 Å². The fourth-order valence-electron chi connectivity index (χ4n) is 5.53. The number of ether oxygens (including phenoxy) is 2. The summed E-state index contributed by atoms with van der Waals surface area (Å²) in [5.74, 6) is -0.264. The summed E-state index contributed by atoms with van der Waals surface area (Å²) < 4.78 is 53.2. The number of carboxylic acids is 1. The average molecular weight is 470 g/mol. The molecule has 0 radical (unpaired) electrons. The van der Waals surface area contributed by atoms with E-state index >= 15 is 0 Å². The molecule has 3 aliphatic rings. The Hall–Kier alpha value is -3.06. The molecule has 0 aromatic heterocycles. The lowest BCUT2D eigenvalue weighted by Crippen LogP contribution is -2.29. The summed E-state index contributed by atoms with van der Waals surface area (Å²) in [5.41, 5.74) is 2.32. The summed E-state index contributed by atoms with van der Waals surface area (Å²) in [6, 6.07) is 11.1. The van der Waals surface area contributed by atoms with Gasteiger partial charge >= 0.3 is 12.1 Å². The van der Waals surface area contributed by atoms with Crippen LogP contribution in [-0.2, 0) is 26.9 Å². The summed E-state index contributed by atoms with van der Waals surface area (Å²) in [5, 5.41) is 9.16. The van der Waals surface area contributed by atoms with Gasteiger partial charge in [-0.15, -0.1) is 0 Å². The number of rotatable bonds is 5. The molecule has 1 unspecified atom stereocenters. The molecule has 0 spiro atoms. The molecule has 5 rings (SSSR count). The molecule has 1 fully saturated rings. The van der Waals surface area contributed by atoms with Gasteiger partial charge in [0.2, 0.25) is 0 Å². The second-order valence-corrected chi connectivity index (χ2v) is 9.33. The van der Waals surface area contributed by atoms with Crippen molar-refractivity contribution >= 4 is 5.97 Å². The maximum absolute atomic E-state index is 13.6. The molecule has 1 heterocycles. The van der Waals surface area contributed by atoms with E-state index in [9.17, 15) is 18.0 Å². The standard InChI is InChI=1S/C27H25F3O4/c1-26-14-17(9-11-22(26)16(15-33-26)13-25(31)32)34-24-12-10-19-18(6-4-7-21(19)24)20-5-2-3-8-23(20)27(28,29)30/h2-9,11,16,24H,10,12-15H2,1H3,(H,31,32)/t16-,24-,26?/m1/s1. The van der Waals surface area contributed by atoms with Gasteiger partial charge in [-0.2, -0.15) is 13.2 Å². The van der Waals surface area contributed by atoms with E-state index in [4.69, 9.17) is 14.6 Å². The zero-order valence-electron chi connectivity index (χ0n) is 18.7. The molecule has 2 aromatic rings. The van der Waals surface area contributed by atoms with Crippen molar-refractivity contribution in [3.63, 3.8) is 0 Å². The summed E-state index contributed by atoms with van der Waals surface area (Å²) >= 11 is 0. The number of halogens is 3. The molecule has 0 amide bonds. The zero-order valence-corrected chi connectivity index (χ0v) is 18.7. The lowest BCUT2D eigenvalue weighted by molar-refractivity contribution is -0.138. The molecule has 2 aromatic carbocycles. The Bertz CT molecular complexity index is 1200. The van der Waals surface area contributed by atoms with Crippen LogP contribution in [0.15, 0.2) is 65.9 Å². The normalized spacial score (nSPS) is 25.9. The lowest BCUT2D eigenvalue weighted by Gasteiger charge is -2.31. The first-order valence-electron chi connectivity index (χ1n) is 11.4. The van der Waals surface area contributed by atoms with Crippen molar-refractivity contribution in [1.82, 2.24) is 0 Å². The Morgan fingerprint density at radius 2 is 1.91 bits per heavy atom. The van der Waals surface area contributed by atoms with E-state index in [0.717, 1.165) is 28.5 Å². The maximum Gasteiger partial charge on any atom is 0.417 e. The zero-order chi connectivity index (χ0) is 24.1. The Kier molecular flexibility index (Phi) is 5.55. The topological polar surface area (TPSA) is 55.8 Å². The van der Waals surface area contributed by atoms with E-state index in [1.54, 1.807) is 18.2 Å². The fourth-order valence-corrected chi connectivity index (χ4v) is 5.53. The molecule has 2 aliphatic carbocycles. The molecular formula is C27H25F3O4. The molecule has 4 nitrogen and oxygen atoms in total. The van der Waals surface area contributed by atoms with Gasteiger partial charge < -0.3 is 14.6 Å². The summed E-state index contributed by atoms with van der Waals surface area (Å²) in [6.45, 7) is 2.32. The number of carboxylic acid groups (broad SMARTS) is 1. The highest BCUT2D eigenvalue weighted by molar-refractivity contribution is 5.73. The second kappa shape index (κ2) is 8.31. The van der Waals surface area contributed by atoms with Crippen LogP contribution in [0.5, 0.6) is 0 Å². The number of hydrogen-bond acceptors (Lipinski definition) is 3. The van der Waals surface area contributed by atoms with Crippen molar-refractivity contribution in [2.75, 3.05) is 6.61 Å². The highest BCUT2D eigenvalue weighted by Gasteiger charge is 2.45. The van der Waals surface area contributed by atoms with Crippen LogP contribution in [0.2, 0.25) is 0 Å². The molecule has 7 heteroatoms. The minimum atomic E-state index is -4.43. The monoisotopic (exact) mass is 470 g/mol. The number of carbonyl (C=O) groups is 1. The van der Waals surface area contributed by atoms with Crippen molar-refractivity contribution in [2.24, 2.45) is 5.92 Å². The first kappa shape index (κ1) is 22.7. The van der Waals surface area contributed by atoms with Crippen molar-refractivity contribution in [3.8, 4) is 11.1 Å². The first-order valence-corrected chi connectivity index (χ1v) is 11.4. The molecule has 3 atom stereocenters. The number of hydrogen-bond donors (Lipinski definition) is 1. The number of allylic oxidation sites excluding steroid dienone is 2. The van der Waals surface area contributed by atoms with E-state index < -0.39 is 23.3 Å². The summed E-state index contributed by atoms with van der Waals surface area (Å²) in [7, 11) is 0. The van der Waals surface area contributed by atoms with E-state index in [2.05, 4.69) is 0 Å². The van der Waals surface area contributed by atoms with Gasteiger partial charge in [0.25, 0.3) is 0 Å². The molecule has 1 aliphatic heterocycles. The van der Waals surface area contributed by atoms with Crippen LogP contribution < -0.4 is 0 Å². The van der Waals surface area contributed by atoms with Gasteiger partial charge in [0.05, 0.1) is 24.2 Å². The molecule has 1 saturated heterocycles. The number of aliphatic carboxylic acids is 1. The van der Waals surface area contributed by atoms with E-state index in [0.29, 0.717) is 31.4 Å². The summed E-state index contributed by atoms with van der Waals surface area (Å²) in [4.78, 5) is 11.2. The largest absolute Gasteiger partial charge is 0.490 e. The van der Waals surface area contributed by atoms with Gasteiger partial charge in [0, 0.05) is 12.3 Å². The van der Waals surface area contributed by atoms with Crippen LogP contribution in [0.3, 0.4) is 0 Å². The number of benzene rings is 2. The smallest absolute Gasteiger partial charge is 0.417 e. The van der Waals surface area contributed by atoms with Gasteiger partial charge in [0.15, 0.2) is 0 Å². The van der Waals surface area contributed by atoms with Crippen LogP contribution in [0, 0.1) is 5.92 Å². The van der Waals surface area contributed by atoms with Crippen LogP contribution in [0.4, 0.5) is 13.2 Å². The molecule has 0 bridgehead atoms. The third-order valence-corrected chi connectivity index (χ3v) is 7.07. The Morgan fingerprint density at radius 1 is 1.15 bits per heavy atom. The minimum absolute atomic E-state index is 0.0314. The van der Waals surface area contributed by atoms with E-state index in [1.165, 1.54) is 12.1 Å². The van der Waals surface area contributed by atoms with Crippen LogP contribution in [0.25, 0.3) is 11.1 Å². The highest BCUT2D eigenvalue weighted by Crippen LogP contribution is 2.47. The Labute approximate surface area is 195 Å². The number of alkyl halides is 3. The first-order chi connectivity index (χ1) is 16.2. The molecular weight excluding hydrogens is 445 g/mol. The van der Waals surface area contributed by atoms with Gasteiger partial charge in [-0.3, -0.25) is 4.79 Å². The van der Waals surface area contributed by atoms with Crippen molar-refractivity contribution in [3.05, 3.63) is 82.6 Å². The van der Waals surface area contributed by atoms with Gasteiger partial charge in [-0.25, -0.2) is 0 Å². The quantitative estimate of drug-likeness (QED) is 0.544. The van der Waals surface area contributed by atoms with Gasteiger partial charge in [-0.1, -0.05) is 42.5 Å². The SMILES string of the molecule is CC12CC(O[C@@H]3CCc4c(-c5ccccc5C(F)(F)F)cccc43)=CC=C1[C@H](CC(=O)O)CO2. The van der Waals surface area contributed by atoms with Crippen molar-refractivity contribution < 1.29 is 32.5 Å². The van der Waals surface area contributed by atoms with Gasteiger partial charge in [0.1, 0.15) is 11.9 Å².